The molecule has 0 saturated carbocycles. The zero-order chi connectivity index (χ0) is 8.20. The normalized spacial score (nSPS) is 18.6. The summed E-state index contributed by atoms with van der Waals surface area (Å²) in [6.45, 7) is 1.73. The number of nitrogens with zero attached hydrogens (tertiary/aromatic N) is 1. The number of alkyl halides is 2. The molecule has 0 fully saturated rings. The van der Waals surface area contributed by atoms with E-state index in [-0.39, 0.29) is 4.83 Å². The highest BCUT2D eigenvalue weighted by atomic mass is 79.9. The van der Waals surface area contributed by atoms with E-state index in [0.717, 1.165) is 6.29 Å². The van der Waals surface area contributed by atoms with Crippen molar-refractivity contribution in [3.05, 3.63) is 0 Å². The smallest absolute Gasteiger partial charge is 0.136 e. The molecule has 2 nitrogen and oxygen atoms in total. The van der Waals surface area contributed by atoms with Gasteiger partial charge < -0.3 is 4.79 Å². The first kappa shape index (κ1) is 10.1. The molecule has 0 aromatic rings. The Morgan fingerprint density at radius 1 is 1.90 bits per heavy atom. The predicted octanol–water partition coefficient (Wildman–Crippen LogP) is 2.02. The third kappa shape index (κ3) is 4.02. The Morgan fingerprint density at radius 3 is 2.70 bits per heavy atom. The number of carbonyl (C=O) groups excluding carboxylic acids is 1. The molecule has 0 radical (unpaired) electrons. The van der Waals surface area contributed by atoms with Crippen LogP contribution in [-0.2, 0) is 4.79 Å². The minimum atomic E-state index is -0.573. The van der Waals surface area contributed by atoms with E-state index >= 15 is 0 Å². The molecule has 56 valence electrons. The van der Waals surface area contributed by atoms with Crippen LogP contribution in [0.4, 0.5) is 0 Å². The van der Waals surface area contributed by atoms with Crippen LogP contribution >= 0.6 is 31.9 Å². The summed E-state index contributed by atoms with van der Waals surface area (Å²) in [6, 6.07) is 1.98. The van der Waals surface area contributed by atoms with Crippen molar-refractivity contribution in [1.29, 1.82) is 5.26 Å². The summed E-state index contributed by atoms with van der Waals surface area (Å²) in [7, 11) is 0. The van der Waals surface area contributed by atoms with Gasteiger partial charge in [0.05, 0.1) is 10.4 Å². The van der Waals surface area contributed by atoms with Crippen LogP contribution in [0.1, 0.15) is 13.3 Å². The Balaban J connectivity index is 3.90. The Morgan fingerprint density at radius 2 is 2.40 bits per heavy atom. The van der Waals surface area contributed by atoms with Gasteiger partial charge in [0.1, 0.15) is 11.1 Å². The van der Waals surface area contributed by atoms with E-state index in [1.54, 1.807) is 6.92 Å². The molecule has 2 atom stereocenters. The zero-order valence-corrected chi connectivity index (χ0v) is 8.65. The van der Waals surface area contributed by atoms with E-state index in [0.29, 0.717) is 6.42 Å². The lowest BCUT2D eigenvalue weighted by Crippen LogP contribution is -2.21. The van der Waals surface area contributed by atoms with Gasteiger partial charge in [0, 0.05) is 0 Å². The predicted molar refractivity (Wildman–Crippen MR) is 46.3 cm³/mol. The maximum Gasteiger partial charge on any atom is 0.136 e. The molecule has 10 heavy (non-hydrogen) atoms. The molecular formula is C6H7Br2NO. The van der Waals surface area contributed by atoms with Gasteiger partial charge in [-0.3, -0.25) is 0 Å². The van der Waals surface area contributed by atoms with Crippen molar-refractivity contribution < 1.29 is 4.79 Å². The van der Waals surface area contributed by atoms with Gasteiger partial charge in [-0.05, 0) is 13.3 Å². The van der Waals surface area contributed by atoms with Gasteiger partial charge in [-0.2, -0.15) is 5.26 Å². The molecule has 0 aliphatic heterocycles. The molecule has 0 saturated heterocycles. The first-order chi connectivity index (χ1) is 4.52. The third-order valence-corrected chi connectivity index (χ3v) is 2.00. The van der Waals surface area contributed by atoms with E-state index in [4.69, 9.17) is 5.26 Å². The second-order valence-corrected chi connectivity index (χ2v) is 5.11. The van der Waals surface area contributed by atoms with Crippen molar-refractivity contribution >= 4 is 38.1 Å². The molecule has 0 amide bonds. The zero-order valence-electron chi connectivity index (χ0n) is 5.47. The summed E-state index contributed by atoms with van der Waals surface area (Å²) < 4.78 is -0.573. The Hall–Kier alpha value is 0.120. The lowest BCUT2D eigenvalue weighted by molar-refractivity contribution is -0.109. The quantitative estimate of drug-likeness (QED) is 0.580. The number of halogens is 2. The summed E-state index contributed by atoms with van der Waals surface area (Å²) >= 11 is 6.28. The van der Waals surface area contributed by atoms with E-state index in [9.17, 15) is 4.79 Å². The number of nitriles is 1. The highest BCUT2D eigenvalue weighted by Crippen LogP contribution is 2.23. The van der Waals surface area contributed by atoms with E-state index < -0.39 is 4.32 Å². The summed E-state index contributed by atoms with van der Waals surface area (Å²) in [5.74, 6) is 0. The first-order valence-electron chi connectivity index (χ1n) is 2.71. The number of hydrogen-bond donors (Lipinski definition) is 0. The fourth-order valence-electron chi connectivity index (χ4n) is 0.444. The van der Waals surface area contributed by atoms with E-state index in [2.05, 4.69) is 31.9 Å². The second kappa shape index (κ2) is 4.09. The Labute approximate surface area is 76.9 Å². The SMILES string of the molecule is CC(Br)(C=O)CC(Br)C#N. The van der Waals surface area contributed by atoms with Crippen LogP contribution in [0.15, 0.2) is 0 Å². The van der Waals surface area contributed by atoms with Gasteiger partial charge >= 0.3 is 0 Å². The van der Waals surface area contributed by atoms with Crippen LogP contribution in [0.2, 0.25) is 0 Å². The molecule has 4 heteroatoms. The lowest BCUT2D eigenvalue weighted by atomic mass is 10.1. The highest BCUT2D eigenvalue weighted by Gasteiger charge is 2.22. The summed E-state index contributed by atoms with van der Waals surface area (Å²) in [4.78, 5) is 10.0. The monoisotopic (exact) mass is 267 g/mol. The largest absolute Gasteiger partial charge is 0.302 e. The lowest BCUT2D eigenvalue weighted by Gasteiger charge is -2.13. The van der Waals surface area contributed by atoms with Crippen LogP contribution < -0.4 is 0 Å². The molecule has 0 heterocycles. The van der Waals surface area contributed by atoms with Gasteiger partial charge in [-0.15, -0.1) is 0 Å². The number of rotatable bonds is 3. The average molecular weight is 269 g/mol. The van der Waals surface area contributed by atoms with Crippen molar-refractivity contribution in [3.8, 4) is 6.07 Å². The Kier molecular flexibility index (Phi) is 4.14. The second-order valence-electron chi connectivity index (χ2n) is 2.20. The van der Waals surface area contributed by atoms with Gasteiger partial charge in [0.25, 0.3) is 0 Å². The average Bonchev–Trinajstić information content (AvgIpc) is 1.87. The topological polar surface area (TPSA) is 40.9 Å². The molecule has 0 rings (SSSR count). The molecule has 0 aromatic heterocycles. The van der Waals surface area contributed by atoms with Crippen LogP contribution in [-0.4, -0.2) is 15.4 Å². The van der Waals surface area contributed by atoms with Crippen molar-refractivity contribution in [3.63, 3.8) is 0 Å². The van der Waals surface area contributed by atoms with Crippen LogP contribution in [0.3, 0.4) is 0 Å². The number of carbonyl (C=O) groups is 1. The standard InChI is InChI=1S/C6H7Br2NO/c1-6(8,4-10)2-5(7)3-9/h4-5H,2H2,1H3. The first-order valence-corrected chi connectivity index (χ1v) is 4.41. The molecule has 0 N–H and O–H groups in total. The minimum Gasteiger partial charge on any atom is -0.302 e. The van der Waals surface area contributed by atoms with Gasteiger partial charge in [0.15, 0.2) is 0 Å². The highest BCUT2D eigenvalue weighted by molar-refractivity contribution is 9.10. The van der Waals surface area contributed by atoms with Gasteiger partial charge in [-0.1, -0.05) is 31.9 Å². The van der Waals surface area contributed by atoms with Crippen molar-refractivity contribution in [2.24, 2.45) is 0 Å². The van der Waals surface area contributed by atoms with Crippen LogP contribution in [0, 0.1) is 11.3 Å². The maximum absolute atomic E-state index is 10.3. The molecule has 0 aromatic carbocycles. The van der Waals surface area contributed by atoms with E-state index in [1.165, 1.54) is 0 Å². The molecule has 2 unspecified atom stereocenters. The van der Waals surface area contributed by atoms with Gasteiger partial charge in [0.2, 0.25) is 0 Å². The van der Waals surface area contributed by atoms with Crippen LogP contribution in [0.5, 0.6) is 0 Å². The molecule has 0 bridgehead atoms. The van der Waals surface area contributed by atoms with Crippen LogP contribution in [0.25, 0.3) is 0 Å². The van der Waals surface area contributed by atoms with Crippen molar-refractivity contribution in [2.45, 2.75) is 22.5 Å². The maximum atomic E-state index is 10.3. The van der Waals surface area contributed by atoms with Gasteiger partial charge in [-0.25, -0.2) is 0 Å². The molecular weight excluding hydrogens is 262 g/mol. The molecule has 0 aliphatic carbocycles. The van der Waals surface area contributed by atoms with Crippen molar-refractivity contribution in [2.75, 3.05) is 0 Å². The number of hydrogen-bond acceptors (Lipinski definition) is 2. The molecule has 0 aliphatic rings. The summed E-state index contributed by atoms with van der Waals surface area (Å²) in [5.41, 5.74) is 0. The summed E-state index contributed by atoms with van der Waals surface area (Å²) in [6.07, 6.45) is 1.27. The Bertz CT molecular complexity index is 162. The minimum absolute atomic E-state index is 0.262. The van der Waals surface area contributed by atoms with Crippen molar-refractivity contribution in [1.82, 2.24) is 0 Å². The summed E-state index contributed by atoms with van der Waals surface area (Å²) in [5, 5.41) is 8.36. The third-order valence-electron chi connectivity index (χ3n) is 0.964. The molecule has 0 spiro atoms. The fraction of sp³-hybridized carbons (Fsp3) is 0.667. The fourth-order valence-corrected chi connectivity index (χ4v) is 1.87. The number of aldehydes is 1. The van der Waals surface area contributed by atoms with E-state index in [1.807, 2.05) is 6.07 Å².